The van der Waals surface area contributed by atoms with Gasteiger partial charge in [-0.3, -0.25) is 4.98 Å². The lowest BCUT2D eigenvalue weighted by molar-refractivity contribution is 0.0434. The SMILES string of the molecule is CON[C@H](CC[C@@H]1CCN(CCSC2CCCCC2)C[C@@H]1CO)c1ccnc2ccc(OC)cc12. The van der Waals surface area contributed by atoms with E-state index in [0.717, 1.165) is 60.8 Å². The monoisotopic (exact) mass is 501 g/mol. The Balaban J connectivity index is 1.33. The molecule has 1 aromatic heterocycles. The molecule has 0 unspecified atom stereocenters. The second-order valence-electron chi connectivity index (χ2n) is 10.2. The Hall–Kier alpha value is -1.38. The topological polar surface area (TPSA) is 66.9 Å². The van der Waals surface area contributed by atoms with E-state index in [9.17, 15) is 5.11 Å². The number of rotatable bonds is 12. The first-order chi connectivity index (χ1) is 17.2. The number of ether oxygens (including phenoxy) is 1. The van der Waals surface area contributed by atoms with Gasteiger partial charge in [-0.15, -0.1) is 0 Å². The van der Waals surface area contributed by atoms with E-state index in [1.54, 1.807) is 14.2 Å². The van der Waals surface area contributed by atoms with E-state index in [-0.39, 0.29) is 12.6 Å². The maximum absolute atomic E-state index is 10.2. The van der Waals surface area contributed by atoms with Crippen LogP contribution in [0.5, 0.6) is 5.75 Å². The molecule has 0 bridgehead atoms. The van der Waals surface area contributed by atoms with E-state index in [2.05, 4.69) is 39.3 Å². The molecule has 1 saturated heterocycles. The van der Waals surface area contributed by atoms with Crippen LogP contribution in [0.15, 0.2) is 30.5 Å². The van der Waals surface area contributed by atoms with E-state index in [0.29, 0.717) is 11.8 Å². The molecule has 1 aromatic carbocycles. The normalized spacial score (nSPS) is 22.9. The van der Waals surface area contributed by atoms with Gasteiger partial charge >= 0.3 is 0 Å². The van der Waals surface area contributed by atoms with Crippen LogP contribution < -0.4 is 10.2 Å². The summed E-state index contributed by atoms with van der Waals surface area (Å²) < 4.78 is 5.46. The highest BCUT2D eigenvalue weighted by atomic mass is 32.2. The molecule has 2 N–H and O–H groups in total. The van der Waals surface area contributed by atoms with Crippen molar-refractivity contribution in [1.29, 1.82) is 0 Å². The van der Waals surface area contributed by atoms with E-state index in [4.69, 9.17) is 9.57 Å². The molecule has 194 valence electrons. The van der Waals surface area contributed by atoms with Gasteiger partial charge in [0.05, 0.1) is 25.8 Å². The van der Waals surface area contributed by atoms with Gasteiger partial charge in [-0.25, -0.2) is 0 Å². The molecule has 2 heterocycles. The molecule has 2 fully saturated rings. The van der Waals surface area contributed by atoms with Crippen LogP contribution in [0.2, 0.25) is 0 Å². The van der Waals surface area contributed by atoms with Crippen molar-refractivity contribution in [3.63, 3.8) is 0 Å². The average Bonchev–Trinajstić information content (AvgIpc) is 2.91. The first kappa shape index (κ1) is 26.7. The predicted octanol–water partition coefficient (Wildman–Crippen LogP) is 5.21. The zero-order valence-electron chi connectivity index (χ0n) is 21.5. The first-order valence-electron chi connectivity index (χ1n) is 13.4. The van der Waals surface area contributed by atoms with Gasteiger partial charge in [0.1, 0.15) is 5.75 Å². The van der Waals surface area contributed by atoms with Crippen LogP contribution in [0.3, 0.4) is 0 Å². The summed E-state index contributed by atoms with van der Waals surface area (Å²) in [6, 6.07) is 8.15. The number of aromatic nitrogens is 1. The number of likely N-dealkylation sites (tertiary alicyclic amines) is 1. The third-order valence-electron chi connectivity index (χ3n) is 7.97. The molecule has 7 heteroatoms. The number of nitrogens with one attached hydrogen (secondary N) is 1. The first-order valence-corrected chi connectivity index (χ1v) is 14.4. The molecule has 35 heavy (non-hydrogen) atoms. The van der Waals surface area contributed by atoms with Gasteiger partial charge in [-0.05, 0) is 80.3 Å². The van der Waals surface area contributed by atoms with Crippen LogP contribution in [-0.2, 0) is 4.84 Å². The number of thioether (sulfide) groups is 1. The lowest BCUT2D eigenvalue weighted by Crippen LogP contribution is -2.43. The molecule has 1 aliphatic heterocycles. The fourth-order valence-corrected chi connectivity index (χ4v) is 7.27. The van der Waals surface area contributed by atoms with E-state index in [1.165, 1.54) is 43.4 Å². The van der Waals surface area contributed by atoms with Crippen molar-refractivity contribution in [3.05, 3.63) is 36.0 Å². The number of fused-ring (bicyclic) bond motifs is 1. The molecule has 0 spiro atoms. The summed E-state index contributed by atoms with van der Waals surface area (Å²) in [7, 11) is 3.37. The fourth-order valence-electron chi connectivity index (χ4n) is 5.90. The van der Waals surface area contributed by atoms with Crippen molar-refractivity contribution in [1.82, 2.24) is 15.4 Å². The number of hydroxylamine groups is 1. The van der Waals surface area contributed by atoms with Crippen LogP contribution in [0.1, 0.15) is 63.0 Å². The molecular weight excluding hydrogens is 458 g/mol. The maximum atomic E-state index is 10.2. The van der Waals surface area contributed by atoms with E-state index in [1.807, 2.05) is 18.3 Å². The zero-order chi connectivity index (χ0) is 24.5. The largest absolute Gasteiger partial charge is 0.497 e. The second kappa shape index (κ2) is 13.8. The molecule has 1 aliphatic carbocycles. The number of aliphatic hydroxyl groups excluding tert-OH is 1. The number of hydrogen-bond donors (Lipinski definition) is 2. The fraction of sp³-hybridized carbons (Fsp3) is 0.679. The standard InChI is InChI=1S/C28H43N3O3S/c1-33-23-9-11-27-26(18-23)25(12-14-29-27)28(30-34-2)10-8-21-13-15-31(19-22(21)20-32)16-17-35-24-6-4-3-5-7-24/h9,11-12,14,18,21-22,24,28,30,32H,3-8,10,13,15-17,19-20H2,1-2H3/t21-,22-,28-/m1/s1. The quantitative estimate of drug-likeness (QED) is 0.387. The molecule has 2 aliphatic rings. The number of pyridine rings is 1. The lowest BCUT2D eigenvalue weighted by Gasteiger charge is -2.38. The Morgan fingerprint density at radius 2 is 2.00 bits per heavy atom. The third-order valence-corrected chi connectivity index (χ3v) is 9.33. The molecule has 2 aromatic rings. The van der Waals surface area contributed by atoms with Crippen LogP contribution in [0.4, 0.5) is 0 Å². The van der Waals surface area contributed by atoms with Crippen molar-refractivity contribution in [2.75, 3.05) is 46.2 Å². The van der Waals surface area contributed by atoms with Gasteiger partial charge in [-0.1, -0.05) is 19.3 Å². The third kappa shape index (κ3) is 7.32. The Bertz CT molecular complexity index is 908. The number of nitrogens with zero attached hydrogens (tertiary/aromatic N) is 2. The van der Waals surface area contributed by atoms with Crippen molar-refractivity contribution < 1.29 is 14.7 Å². The Morgan fingerprint density at radius 1 is 1.14 bits per heavy atom. The molecule has 6 nitrogen and oxygen atoms in total. The zero-order valence-corrected chi connectivity index (χ0v) is 22.3. The van der Waals surface area contributed by atoms with Gasteiger partial charge in [0.15, 0.2) is 0 Å². The van der Waals surface area contributed by atoms with Crippen molar-refractivity contribution in [3.8, 4) is 5.75 Å². The number of benzene rings is 1. The van der Waals surface area contributed by atoms with Crippen LogP contribution in [-0.4, -0.2) is 66.5 Å². The highest BCUT2D eigenvalue weighted by Gasteiger charge is 2.29. The summed E-state index contributed by atoms with van der Waals surface area (Å²) in [6.45, 7) is 3.59. The number of piperidine rings is 1. The van der Waals surface area contributed by atoms with Crippen molar-refractivity contribution in [2.45, 2.75) is 62.7 Å². The van der Waals surface area contributed by atoms with Gasteiger partial charge in [0, 0.05) is 42.3 Å². The molecule has 4 rings (SSSR count). The van der Waals surface area contributed by atoms with Crippen LogP contribution in [0, 0.1) is 11.8 Å². The number of aliphatic hydroxyl groups is 1. The molecule has 0 radical (unpaired) electrons. The summed E-state index contributed by atoms with van der Waals surface area (Å²) >= 11 is 2.18. The van der Waals surface area contributed by atoms with E-state index < -0.39 is 0 Å². The Kier molecular flexibility index (Phi) is 10.5. The van der Waals surface area contributed by atoms with Gasteiger partial charge in [-0.2, -0.15) is 17.2 Å². The minimum Gasteiger partial charge on any atom is -0.497 e. The molecule has 1 saturated carbocycles. The summed E-state index contributed by atoms with van der Waals surface area (Å²) in [5.41, 5.74) is 5.36. The second-order valence-corrected chi connectivity index (χ2v) is 11.6. The lowest BCUT2D eigenvalue weighted by atomic mass is 9.81. The van der Waals surface area contributed by atoms with Gasteiger partial charge in [0.25, 0.3) is 0 Å². The minimum atomic E-state index is 0.0573. The van der Waals surface area contributed by atoms with Crippen molar-refractivity contribution in [2.24, 2.45) is 11.8 Å². The number of methoxy groups -OCH3 is 1. The molecule has 3 atom stereocenters. The Morgan fingerprint density at radius 3 is 2.77 bits per heavy atom. The van der Waals surface area contributed by atoms with E-state index >= 15 is 0 Å². The molecular formula is C28H43N3O3S. The summed E-state index contributed by atoms with van der Waals surface area (Å²) in [5, 5.41) is 12.2. The minimum absolute atomic E-state index is 0.0573. The van der Waals surface area contributed by atoms with Crippen molar-refractivity contribution >= 4 is 22.7 Å². The average molecular weight is 502 g/mol. The predicted molar refractivity (Wildman–Crippen MR) is 145 cm³/mol. The highest BCUT2D eigenvalue weighted by molar-refractivity contribution is 7.99. The Labute approximate surface area is 215 Å². The van der Waals surface area contributed by atoms with Crippen LogP contribution >= 0.6 is 11.8 Å². The molecule has 0 amide bonds. The van der Waals surface area contributed by atoms with Crippen LogP contribution in [0.25, 0.3) is 10.9 Å². The summed E-state index contributed by atoms with van der Waals surface area (Å²) in [6.07, 6.45) is 12.1. The van der Waals surface area contributed by atoms with Gasteiger partial charge in [0.2, 0.25) is 0 Å². The number of hydrogen-bond acceptors (Lipinski definition) is 7. The maximum Gasteiger partial charge on any atom is 0.119 e. The smallest absolute Gasteiger partial charge is 0.119 e. The summed E-state index contributed by atoms with van der Waals surface area (Å²) in [4.78, 5) is 12.5. The van der Waals surface area contributed by atoms with Gasteiger partial charge < -0.3 is 19.6 Å². The highest BCUT2D eigenvalue weighted by Crippen LogP contribution is 2.34. The summed E-state index contributed by atoms with van der Waals surface area (Å²) in [5.74, 6) is 2.94.